The van der Waals surface area contributed by atoms with Crippen molar-refractivity contribution in [2.45, 2.75) is 19.9 Å². The van der Waals surface area contributed by atoms with Crippen LogP contribution < -0.4 is 5.32 Å². The van der Waals surface area contributed by atoms with E-state index in [2.05, 4.69) is 5.32 Å². The van der Waals surface area contributed by atoms with Crippen molar-refractivity contribution in [1.82, 2.24) is 5.32 Å². The molecule has 1 rings (SSSR count). The van der Waals surface area contributed by atoms with Gasteiger partial charge in [-0.2, -0.15) is 5.26 Å². The Hall–Kier alpha value is -1.67. The summed E-state index contributed by atoms with van der Waals surface area (Å²) in [6.45, 7) is 3.46. The van der Waals surface area contributed by atoms with Gasteiger partial charge >= 0.3 is 0 Å². The van der Waals surface area contributed by atoms with Crippen molar-refractivity contribution in [1.29, 1.82) is 5.26 Å². The highest BCUT2D eigenvalue weighted by molar-refractivity contribution is 6.30. The van der Waals surface area contributed by atoms with Crippen LogP contribution in [-0.4, -0.2) is 11.9 Å². The fraction of sp³-hybridized carbons (Fsp3) is 0.333. The first-order valence-electron chi connectivity index (χ1n) is 5.21. The van der Waals surface area contributed by atoms with Gasteiger partial charge in [0.1, 0.15) is 17.7 Å². The third-order valence-corrected chi connectivity index (χ3v) is 2.64. The minimum absolute atomic E-state index is 0.140. The third kappa shape index (κ3) is 3.17. The smallest absolute Gasteiger partial charge is 0.255 e. The summed E-state index contributed by atoms with van der Waals surface area (Å²) in [6.07, 6.45) is 0. The van der Waals surface area contributed by atoms with E-state index in [4.69, 9.17) is 16.9 Å². The predicted molar refractivity (Wildman–Crippen MR) is 63.1 cm³/mol. The van der Waals surface area contributed by atoms with Crippen LogP contribution >= 0.6 is 11.6 Å². The molecule has 1 unspecified atom stereocenters. The van der Waals surface area contributed by atoms with Crippen molar-refractivity contribution in [2.75, 3.05) is 0 Å². The second-order valence-electron chi connectivity index (χ2n) is 4.07. The molecule has 6 heteroatoms. The van der Waals surface area contributed by atoms with E-state index in [9.17, 15) is 13.6 Å². The van der Waals surface area contributed by atoms with Gasteiger partial charge in [-0.3, -0.25) is 4.79 Å². The first-order valence-corrected chi connectivity index (χ1v) is 5.59. The SMILES string of the molecule is CC(C)C(C#N)NC(=O)c1cc(F)c(Cl)cc1F. The van der Waals surface area contributed by atoms with Crippen molar-refractivity contribution in [3.8, 4) is 6.07 Å². The lowest BCUT2D eigenvalue weighted by atomic mass is 10.1. The first-order chi connectivity index (χ1) is 8.36. The maximum atomic E-state index is 13.4. The van der Waals surface area contributed by atoms with Gasteiger partial charge in [0, 0.05) is 0 Å². The lowest BCUT2D eigenvalue weighted by molar-refractivity contribution is 0.0933. The Morgan fingerprint density at radius 2 is 2.00 bits per heavy atom. The Kier molecular flexibility index (Phi) is 4.62. The number of hydrogen-bond acceptors (Lipinski definition) is 2. The van der Waals surface area contributed by atoms with Gasteiger partial charge in [-0.25, -0.2) is 8.78 Å². The zero-order chi connectivity index (χ0) is 13.9. The number of nitrogens with one attached hydrogen (secondary N) is 1. The molecule has 0 aliphatic carbocycles. The lowest BCUT2D eigenvalue weighted by Gasteiger charge is -2.15. The Balaban J connectivity index is 2.99. The zero-order valence-corrected chi connectivity index (χ0v) is 10.6. The monoisotopic (exact) mass is 272 g/mol. The molecule has 0 bridgehead atoms. The van der Waals surface area contributed by atoms with Crippen molar-refractivity contribution >= 4 is 17.5 Å². The largest absolute Gasteiger partial charge is 0.336 e. The van der Waals surface area contributed by atoms with Gasteiger partial charge in [0.2, 0.25) is 0 Å². The average Bonchev–Trinajstić information content (AvgIpc) is 2.29. The molecule has 1 N–H and O–H groups in total. The number of carbonyl (C=O) groups excluding carboxylic acids is 1. The first kappa shape index (κ1) is 14.4. The van der Waals surface area contributed by atoms with E-state index in [1.165, 1.54) is 0 Å². The number of nitrogens with zero attached hydrogens (tertiary/aromatic N) is 1. The lowest BCUT2D eigenvalue weighted by Crippen LogP contribution is -2.37. The summed E-state index contributed by atoms with van der Waals surface area (Å²) in [4.78, 5) is 11.7. The quantitative estimate of drug-likeness (QED) is 0.860. The Morgan fingerprint density at radius 3 is 2.50 bits per heavy atom. The summed E-state index contributed by atoms with van der Waals surface area (Å²) in [5.41, 5.74) is -0.474. The highest BCUT2D eigenvalue weighted by Crippen LogP contribution is 2.19. The van der Waals surface area contributed by atoms with Gasteiger partial charge in [-0.05, 0) is 18.1 Å². The average molecular weight is 273 g/mol. The van der Waals surface area contributed by atoms with Gasteiger partial charge in [-0.15, -0.1) is 0 Å². The maximum Gasteiger partial charge on any atom is 0.255 e. The van der Waals surface area contributed by atoms with E-state index in [1.54, 1.807) is 13.8 Å². The van der Waals surface area contributed by atoms with Gasteiger partial charge in [0.25, 0.3) is 5.91 Å². The van der Waals surface area contributed by atoms with Crippen molar-refractivity contribution in [2.24, 2.45) is 5.92 Å². The molecule has 1 atom stereocenters. The highest BCUT2D eigenvalue weighted by atomic mass is 35.5. The summed E-state index contributed by atoms with van der Waals surface area (Å²) < 4.78 is 26.6. The molecule has 0 radical (unpaired) electrons. The van der Waals surface area contributed by atoms with Crippen LogP contribution in [0.25, 0.3) is 0 Å². The Bertz CT molecular complexity index is 512. The van der Waals surface area contributed by atoms with Gasteiger partial charge < -0.3 is 5.32 Å². The van der Waals surface area contributed by atoms with Crippen LogP contribution in [0.15, 0.2) is 12.1 Å². The van der Waals surface area contributed by atoms with E-state index in [0.29, 0.717) is 6.07 Å². The summed E-state index contributed by atoms with van der Waals surface area (Å²) in [5, 5.41) is 10.7. The van der Waals surface area contributed by atoms with Crippen LogP contribution in [0.5, 0.6) is 0 Å². The molecule has 18 heavy (non-hydrogen) atoms. The number of rotatable bonds is 3. The molecule has 1 aromatic rings. The minimum atomic E-state index is -0.931. The number of carbonyl (C=O) groups is 1. The molecule has 0 spiro atoms. The molecule has 3 nitrogen and oxygen atoms in total. The van der Waals surface area contributed by atoms with Crippen molar-refractivity contribution < 1.29 is 13.6 Å². The third-order valence-electron chi connectivity index (χ3n) is 2.35. The number of benzene rings is 1. The molecule has 0 saturated heterocycles. The highest BCUT2D eigenvalue weighted by Gasteiger charge is 2.20. The summed E-state index contributed by atoms with van der Waals surface area (Å²) in [6, 6.07) is 2.54. The second-order valence-corrected chi connectivity index (χ2v) is 4.48. The number of nitriles is 1. The fourth-order valence-corrected chi connectivity index (χ4v) is 1.41. The minimum Gasteiger partial charge on any atom is -0.336 e. The predicted octanol–water partition coefficient (Wildman–Crippen LogP) is 2.90. The molecule has 0 aliphatic rings. The second kappa shape index (κ2) is 5.78. The van der Waals surface area contributed by atoms with E-state index >= 15 is 0 Å². The Morgan fingerprint density at radius 1 is 1.39 bits per heavy atom. The molecule has 1 amide bonds. The molecule has 0 saturated carbocycles. The van der Waals surface area contributed by atoms with Crippen LogP contribution in [-0.2, 0) is 0 Å². The normalized spacial score (nSPS) is 12.1. The van der Waals surface area contributed by atoms with Crippen molar-refractivity contribution in [3.05, 3.63) is 34.4 Å². The topological polar surface area (TPSA) is 52.9 Å². The molecule has 1 aromatic carbocycles. The number of halogens is 3. The van der Waals surface area contributed by atoms with Gasteiger partial charge in [0.15, 0.2) is 0 Å². The zero-order valence-electron chi connectivity index (χ0n) is 9.80. The van der Waals surface area contributed by atoms with Crippen molar-refractivity contribution in [3.63, 3.8) is 0 Å². The molecular weight excluding hydrogens is 262 g/mol. The fourth-order valence-electron chi connectivity index (χ4n) is 1.26. The van der Waals surface area contributed by atoms with Crippen LogP contribution in [0.1, 0.15) is 24.2 Å². The molecule has 0 aliphatic heterocycles. The maximum absolute atomic E-state index is 13.4. The van der Waals surface area contributed by atoms with Crippen LogP contribution in [0.3, 0.4) is 0 Å². The molecule has 96 valence electrons. The molecule has 0 aromatic heterocycles. The Labute approximate surface area is 108 Å². The number of amides is 1. The molecular formula is C12H11ClF2N2O. The van der Waals surface area contributed by atoms with Crippen LogP contribution in [0, 0.1) is 28.9 Å². The van der Waals surface area contributed by atoms with Gasteiger partial charge in [-0.1, -0.05) is 25.4 Å². The number of hydrogen-bond donors (Lipinski definition) is 1. The van der Waals surface area contributed by atoms with E-state index < -0.39 is 34.2 Å². The summed E-state index contributed by atoms with van der Waals surface area (Å²) >= 11 is 5.38. The summed E-state index contributed by atoms with van der Waals surface area (Å²) in [7, 11) is 0. The van der Waals surface area contributed by atoms with E-state index in [0.717, 1.165) is 6.07 Å². The van der Waals surface area contributed by atoms with E-state index in [-0.39, 0.29) is 5.92 Å². The summed E-state index contributed by atoms with van der Waals surface area (Å²) in [5.74, 6) is -2.80. The molecule has 0 fully saturated rings. The molecule has 0 heterocycles. The van der Waals surface area contributed by atoms with Gasteiger partial charge in [0.05, 0.1) is 16.7 Å². The standard InChI is InChI=1S/C12H11ClF2N2O/c1-6(2)11(5-16)17-12(18)7-3-10(15)8(13)4-9(7)14/h3-4,6,11H,1-2H3,(H,17,18). The van der Waals surface area contributed by atoms with Crippen LogP contribution in [0.2, 0.25) is 5.02 Å². The van der Waals surface area contributed by atoms with Crippen LogP contribution in [0.4, 0.5) is 8.78 Å². The van der Waals surface area contributed by atoms with E-state index in [1.807, 2.05) is 6.07 Å².